The van der Waals surface area contributed by atoms with Crippen LogP contribution in [0.15, 0.2) is 18.2 Å². The molecule has 1 amide bonds. The monoisotopic (exact) mass is 258 g/mol. The van der Waals surface area contributed by atoms with E-state index in [0.717, 1.165) is 25.1 Å². The van der Waals surface area contributed by atoms with E-state index in [4.69, 9.17) is 0 Å². The minimum atomic E-state index is 0.0836. The highest BCUT2D eigenvalue weighted by atomic mass is 16.1. The van der Waals surface area contributed by atoms with E-state index in [1.165, 1.54) is 43.4 Å². The summed E-state index contributed by atoms with van der Waals surface area (Å²) in [6.45, 7) is 1.83. The van der Waals surface area contributed by atoms with Gasteiger partial charge in [0.25, 0.3) is 5.91 Å². The van der Waals surface area contributed by atoms with Crippen molar-refractivity contribution in [3.8, 4) is 0 Å². The van der Waals surface area contributed by atoms with E-state index in [1.54, 1.807) is 0 Å². The van der Waals surface area contributed by atoms with Crippen LogP contribution < -0.4 is 10.6 Å². The molecule has 0 atom stereocenters. The molecule has 1 fully saturated rings. The third-order valence-corrected chi connectivity index (χ3v) is 4.35. The zero-order chi connectivity index (χ0) is 13.1. The van der Waals surface area contributed by atoms with Crippen molar-refractivity contribution in [1.82, 2.24) is 5.32 Å². The number of hydrogen-bond donors (Lipinski definition) is 2. The fraction of sp³-hybridized carbons (Fsp3) is 0.562. The fourth-order valence-electron chi connectivity index (χ4n) is 3.18. The van der Waals surface area contributed by atoms with Gasteiger partial charge in [-0.1, -0.05) is 19.3 Å². The average molecular weight is 258 g/mol. The Labute approximate surface area is 114 Å². The van der Waals surface area contributed by atoms with Gasteiger partial charge in [0.2, 0.25) is 0 Å². The first-order valence-corrected chi connectivity index (χ1v) is 7.48. The Kier molecular flexibility index (Phi) is 3.72. The van der Waals surface area contributed by atoms with Crippen molar-refractivity contribution in [3.63, 3.8) is 0 Å². The largest absolute Gasteiger partial charge is 0.384 e. The van der Waals surface area contributed by atoms with Gasteiger partial charge in [0.15, 0.2) is 0 Å². The van der Waals surface area contributed by atoms with E-state index in [1.807, 2.05) is 18.2 Å². The summed E-state index contributed by atoms with van der Waals surface area (Å²) in [6, 6.07) is 5.98. The number of rotatable bonds is 3. The summed E-state index contributed by atoms with van der Waals surface area (Å²) in [5.74, 6) is 0.772. The summed E-state index contributed by atoms with van der Waals surface area (Å²) in [4.78, 5) is 12.2. The maximum absolute atomic E-state index is 12.2. The Morgan fingerprint density at radius 2 is 2.11 bits per heavy atom. The van der Waals surface area contributed by atoms with E-state index in [9.17, 15) is 4.79 Å². The minimum Gasteiger partial charge on any atom is -0.384 e. The molecule has 0 saturated heterocycles. The van der Waals surface area contributed by atoms with Crippen molar-refractivity contribution in [2.24, 2.45) is 5.92 Å². The molecule has 2 aliphatic rings. The van der Waals surface area contributed by atoms with Crippen molar-refractivity contribution in [2.75, 3.05) is 18.4 Å². The Hall–Kier alpha value is -1.51. The second-order valence-corrected chi connectivity index (χ2v) is 5.76. The molecule has 1 aliphatic heterocycles. The van der Waals surface area contributed by atoms with Gasteiger partial charge in [-0.25, -0.2) is 0 Å². The molecule has 19 heavy (non-hydrogen) atoms. The van der Waals surface area contributed by atoms with Crippen molar-refractivity contribution < 1.29 is 4.79 Å². The maximum atomic E-state index is 12.2. The predicted molar refractivity (Wildman–Crippen MR) is 77.5 cm³/mol. The molecule has 0 spiro atoms. The zero-order valence-electron chi connectivity index (χ0n) is 11.4. The smallest absolute Gasteiger partial charge is 0.251 e. The summed E-state index contributed by atoms with van der Waals surface area (Å²) in [5, 5.41) is 6.42. The molecule has 102 valence electrons. The average Bonchev–Trinajstić information content (AvgIpc) is 2.93. The number of hydrogen-bond acceptors (Lipinski definition) is 2. The van der Waals surface area contributed by atoms with Crippen LogP contribution in [0.25, 0.3) is 0 Å². The lowest BCUT2D eigenvalue weighted by atomic mass is 9.89. The first-order valence-electron chi connectivity index (χ1n) is 7.48. The molecule has 3 nitrogen and oxygen atoms in total. The lowest BCUT2D eigenvalue weighted by molar-refractivity contribution is 0.0943. The molecule has 0 unspecified atom stereocenters. The maximum Gasteiger partial charge on any atom is 0.251 e. The number of amides is 1. The Morgan fingerprint density at radius 3 is 2.95 bits per heavy atom. The molecule has 0 radical (unpaired) electrons. The Bertz CT molecular complexity index is 464. The molecule has 1 aliphatic carbocycles. The molecular weight excluding hydrogens is 236 g/mol. The molecule has 1 heterocycles. The SMILES string of the molecule is O=C(NCC1CCCCC1)c1ccc2c(c1)CCN2. The molecule has 3 heteroatoms. The molecule has 1 aromatic carbocycles. The Morgan fingerprint density at radius 1 is 1.26 bits per heavy atom. The molecule has 0 aromatic heterocycles. The van der Waals surface area contributed by atoms with E-state index < -0.39 is 0 Å². The first-order chi connectivity index (χ1) is 9.33. The number of nitrogens with one attached hydrogen (secondary N) is 2. The van der Waals surface area contributed by atoms with Crippen LogP contribution in [0, 0.1) is 5.92 Å². The summed E-state index contributed by atoms with van der Waals surface area (Å²) >= 11 is 0. The molecule has 0 bridgehead atoms. The molecule has 2 N–H and O–H groups in total. The molecule has 1 aromatic rings. The van der Waals surface area contributed by atoms with E-state index in [2.05, 4.69) is 10.6 Å². The number of carbonyl (C=O) groups is 1. The van der Waals surface area contributed by atoms with Gasteiger partial charge >= 0.3 is 0 Å². The zero-order valence-corrected chi connectivity index (χ0v) is 11.4. The number of anilines is 1. The normalized spacial score (nSPS) is 18.7. The predicted octanol–water partition coefficient (Wildman–Crippen LogP) is 2.96. The fourth-order valence-corrected chi connectivity index (χ4v) is 3.18. The summed E-state index contributed by atoms with van der Waals surface area (Å²) in [5.41, 5.74) is 3.26. The third kappa shape index (κ3) is 2.91. The third-order valence-electron chi connectivity index (χ3n) is 4.35. The van der Waals surface area contributed by atoms with Gasteiger partial charge in [-0.15, -0.1) is 0 Å². The van der Waals surface area contributed by atoms with Crippen LogP contribution in [-0.2, 0) is 6.42 Å². The quantitative estimate of drug-likeness (QED) is 0.875. The molecule has 1 saturated carbocycles. The van der Waals surface area contributed by atoms with Crippen LogP contribution in [0.2, 0.25) is 0 Å². The van der Waals surface area contributed by atoms with Crippen LogP contribution in [0.4, 0.5) is 5.69 Å². The standard InChI is InChI=1S/C16H22N2O/c19-16(18-11-12-4-2-1-3-5-12)14-6-7-15-13(10-14)8-9-17-15/h6-7,10,12,17H,1-5,8-9,11H2,(H,18,19). The lowest BCUT2D eigenvalue weighted by Crippen LogP contribution is -2.30. The van der Waals surface area contributed by atoms with Crippen LogP contribution in [0.1, 0.15) is 48.0 Å². The van der Waals surface area contributed by atoms with Crippen molar-refractivity contribution >= 4 is 11.6 Å². The highest BCUT2D eigenvalue weighted by molar-refractivity contribution is 5.95. The highest BCUT2D eigenvalue weighted by Crippen LogP contribution is 2.24. The van der Waals surface area contributed by atoms with Crippen LogP contribution >= 0.6 is 0 Å². The van der Waals surface area contributed by atoms with Crippen molar-refractivity contribution in [3.05, 3.63) is 29.3 Å². The first kappa shape index (κ1) is 12.5. The second-order valence-electron chi connectivity index (χ2n) is 5.76. The van der Waals surface area contributed by atoms with Gasteiger partial charge in [-0.05, 0) is 48.9 Å². The number of fused-ring (bicyclic) bond motifs is 1. The summed E-state index contributed by atoms with van der Waals surface area (Å²) in [6.07, 6.45) is 7.58. The van der Waals surface area contributed by atoms with E-state index >= 15 is 0 Å². The van der Waals surface area contributed by atoms with E-state index in [0.29, 0.717) is 5.92 Å². The van der Waals surface area contributed by atoms with Crippen LogP contribution in [-0.4, -0.2) is 19.0 Å². The van der Waals surface area contributed by atoms with Gasteiger partial charge in [-0.2, -0.15) is 0 Å². The van der Waals surface area contributed by atoms with Gasteiger partial charge in [0, 0.05) is 24.3 Å². The number of carbonyl (C=O) groups excluding carboxylic acids is 1. The van der Waals surface area contributed by atoms with Gasteiger partial charge in [0.05, 0.1) is 0 Å². The van der Waals surface area contributed by atoms with Gasteiger partial charge in [-0.3, -0.25) is 4.79 Å². The Balaban J connectivity index is 1.57. The van der Waals surface area contributed by atoms with Crippen molar-refractivity contribution in [2.45, 2.75) is 38.5 Å². The number of benzene rings is 1. The van der Waals surface area contributed by atoms with Crippen molar-refractivity contribution in [1.29, 1.82) is 0 Å². The second kappa shape index (κ2) is 5.64. The summed E-state index contributed by atoms with van der Waals surface area (Å²) in [7, 11) is 0. The van der Waals surface area contributed by atoms with Crippen LogP contribution in [0.3, 0.4) is 0 Å². The molecule has 3 rings (SSSR count). The summed E-state index contributed by atoms with van der Waals surface area (Å²) < 4.78 is 0. The van der Waals surface area contributed by atoms with Gasteiger partial charge in [0.1, 0.15) is 0 Å². The molecular formula is C16H22N2O. The van der Waals surface area contributed by atoms with E-state index in [-0.39, 0.29) is 5.91 Å². The minimum absolute atomic E-state index is 0.0836. The highest BCUT2D eigenvalue weighted by Gasteiger charge is 2.16. The van der Waals surface area contributed by atoms with Crippen LogP contribution in [0.5, 0.6) is 0 Å². The lowest BCUT2D eigenvalue weighted by Gasteiger charge is -2.21. The van der Waals surface area contributed by atoms with Gasteiger partial charge < -0.3 is 10.6 Å². The topological polar surface area (TPSA) is 41.1 Å².